The van der Waals surface area contributed by atoms with E-state index >= 15 is 0 Å². The molecular formula is C26H25Cl2NO4S2. The summed E-state index contributed by atoms with van der Waals surface area (Å²) in [5.74, 6) is -1.25. The predicted molar refractivity (Wildman–Crippen MR) is 142 cm³/mol. The molecule has 1 heterocycles. The van der Waals surface area contributed by atoms with Crippen LogP contribution in [-0.4, -0.2) is 35.6 Å². The van der Waals surface area contributed by atoms with Crippen LogP contribution in [0.5, 0.6) is 0 Å². The number of piperidine rings is 1. The van der Waals surface area contributed by atoms with Gasteiger partial charge in [0, 0.05) is 27.6 Å². The normalized spacial score (nSPS) is 21.1. The number of halogens is 2. The highest BCUT2D eigenvalue weighted by Crippen LogP contribution is 2.43. The molecule has 0 spiro atoms. The first-order chi connectivity index (χ1) is 16.7. The first kappa shape index (κ1) is 26.0. The highest BCUT2D eigenvalue weighted by atomic mass is 35.5. The molecule has 0 bridgehead atoms. The Balaban J connectivity index is 1.70. The summed E-state index contributed by atoms with van der Waals surface area (Å²) in [6.07, 6.45) is 0.363. The molecule has 3 aromatic carbocycles. The van der Waals surface area contributed by atoms with E-state index in [4.69, 9.17) is 23.2 Å². The lowest BCUT2D eigenvalue weighted by Gasteiger charge is -2.42. The average molecular weight is 551 g/mol. The van der Waals surface area contributed by atoms with Crippen LogP contribution in [0.1, 0.15) is 29.2 Å². The third kappa shape index (κ3) is 5.87. The summed E-state index contributed by atoms with van der Waals surface area (Å²) in [6.45, 7) is 1.63. The zero-order valence-electron chi connectivity index (χ0n) is 19.0. The van der Waals surface area contributed by atoms with Crippen LogP contribution in [-0.2, 0) is 20.6 Å². The molecule has 35 heavy (non-hydrogen) atoms. The van der Waals surface area contributed by atoms with Crippen LogP contribution in [0.4, 0.5) is 0 Å². The zero-order valence-corrected chi connectivity index (χ0v) is 22.1. The molecule has 0 saturated carbocycles. The van der Waals surface area contributed by atoms with Gasteiger partial charge in [-0.25, -0.2) is 8.42 Å². The lowest BCUT2D eigenvalue weighted by Crippen LogP contribution is -2.49. The van der Waals surface area contributed by atoms with Crippen molar-refractivity contribution in [3.05, 3.63) is 99.5 Å². The van der Waals surface area contributed by atoms with Gasteiger partial charge in [0.25, 0.3) is 0 Å². The molecule has 3 aromatic rings. The number of hydrogen-bond acceptors (Lipinski definition) is 4. The van der Waals surface area contributed by atoms with Crippen molar-refractivity contribution in [1.82, 2.24) is 4.31 Å². The van der Waals surface area contributed by atoms with E-state index in [9.17, 15) is 18.3 Å². The quantitative estimate of drug-likeness (QED) is 0.367. The fraction of sp³-hybridized carbons (Fsp3) is 0.269. The predicted octanol–water partition coefficient (Wildman–Crippen LogP) is 6.44. The highest BCUT2D eigenvalue weighted by molar-refractivity contribution is 7.99. The van der Waals surface area contributed by atoms with Gasteiger partial charge in [0.15, 0.2) is 0 Å². The molecule has 1 saturated heterocycles. The van der Waals surface area contributed by atoms with Crippen LogP contribution in [0.3, 0.4) is 0 Å². The van der Waals surface area contributed by atoms with Crippen molar-refractivity contribution in [2.24, 2.45) is 5.92 Å². The average Bonchev–Trinajstić information content (AvgIpc) is 2.83. The number of hydrogen-bond donors (Lipinski definition) is 1. The number of thioether (sulfide) groups is 1. The fourth-order valence-electron chi connectivity index (χ4n) is 4.37. The van der Waals surface area contributed by atoms with E-state index in [1.165, 1.54) is 16.1 Å². The molecular weight excluding hydrogens is 525 g/mol. The second-order valence-corrected chi connectivity index (χ2v) is 12.5. The van der Waals surface area contributed by atoms with Gasteiger partial charge in [-0.15, -0.1) is 0 Å². The Kier molecular flexibility index (Phi) is 8.13. The van der Waals surface area contributed by atoms with Gasteiger partial charge in [0.1, 0.15) is 0 Å². The third-order valence-corrected chi connectivity index (χ3v) is 10.2. The number of benzene rings is 3. The Labute approximate surface area is 220 Å². The second-order valence-electron chi connectivity index (χ2n) is 8.56. The van der Waals surface area contributed by atoms with Crippen molar-refractivity contribution in [3.8, 4) is 0 Å². The monoisotopic (exact) mass is 549 g/mol. The molecule has 0 radical (unpaired) electrons. The number of carboxylic acids is 1. The summed E-state index contributed by atoms with van der Waals surface area (Å²) in [5, 5.41) is 11.0. The molecule has 0 amide bonds. The van der Waals surface area contributed by atoms with E-state index in [-0.39, 0.29) is 16.7 Å². The largest absolute Gasteiger partial charge is 0.481 e. The number of sulfonamides is 1. The van der Waals surface area contributed by atoms with Crippen LogP contribution < -0.4 is 0 Å². The number of aryl methyl sites for hydroxylation is 1. The summed E-state index contributed by atoms with van der Waals surface area (Å²) in [4.78, 5) is 12.5. The van der Waals surface area contributed by atoms with E-state index in [1.54, 1.807) is 55.5 Å². The van der Waals surface area contributed by atoms with Gasteiger partial charge in [-0.3, -0.25) is 4.79 Å². The SMILES string of the molecule is Cc1ccccc1S(=O)(=O)N1C[C@@H](C(=O)O)[C@H](SCc2ccc(Cl)cc2)C[C@H]1c1ccc(Cl)cc1. The molecule has 184 valence electrons. The first-order valence-corrected chi connectivity index (χ1v) is 14.3. The van der Waals surface area contributed by atoms with Crippen LogP contribution in [0, 0.1) is 12.8 Å². The Morgan fingerprint density at radius 1 is 1.00 bits per heavy atom. The summed E-state index contributed by atoms with van der Waals surface area (Å²) in [5.41, 5.74) is 2.43. The molecule has 1 N–H and O–H groups in total. The zero-order chi connectivity index (χ0) is 25.2. The maximum Gasteiger partial charge on any atom is 0.308 e. The van der Waals surface area contributed by atoms with Crippen LogP contribution in [0.25, 0.3) is 0 Å². The highest BCUT2D eigenvalue weighted by Gasteiger charge is 2.45. The lowest BCUT2D eigenvalue weighted by molar-refractivity contribution is -0.143. The third-order valence-electron chi connectivity index (χ3n) is 6.26. The summed E-state index contributed by atoms with van der Waals surface area (Å²) >= 11 is 13.6. The van der Waals surface area contributed by atoms with E-state index in [1.807, 2.05) is 24.3 Å². The Bertz CT molecular complexity index is 1300. The van der Waals surface area contributed by atoms with E-state index < -0.39 is 28.0 Å². The van der Waals surface area contributed by atoms with Crippen molar-refractivity contribution in [2.75, 3.05) is 6.54 Å². The maximum absolute atomic E-state index is 13.8. The minimum absolute atomic E-state index is 0.114. The molecule has 9 heteroatoms. The number of carbonyl (C=O) groups is 1. The number of nitrogens with zero attached hydrogens (tertiary/aromatic N) is 1. The van der Waals surface area contributed by atoms with Crippen molar-refractivity contribution >= 4 is 51.0 Å². The van der Waals surface area contributed by atoms with E-state index in [0.29, 0.717) is 27.8 Å². The number of aliphatic carboxylic acids is 1. The Morgan fingerprint density at radius 3 is 2.20 bits per heavy atom. The van der Waals surface area contributed by atoms with Gasteiger partial charge in [0.2, 0.25) is 10.0 Å². The van der Waals surface area contributed by atoms with E-state index in [2.05, 4.69) is 0 Å². The smallest absolute Gasteiger partial charge is 0.308 e. The molecule has 1 aliphatic heterocycles. The number of rotatable bonds is 7. The molecule has 1 fully saturated rings. The minimum Gasteiger partial charge on any atom is -0.481 e. The van der Waals surface area contributed by atoms with Gasteiger partial charge >= 0.3 is 5.97 Å². The Hall–Kier alpha value is -2.03. The summed E-state index contributed by atoms with van der Waals surface area (Å²) in [6, 6.07) is 20.8. The van der Waals surface area contributed by atoms with Crippen LogP contribution in [0.15, 0.2) is 77.7 Å². The maximum atomic E-state index is 13.8. The molecule has 3 atom stereocenters. The van der Waals surface area contributed by atoms with E-state index in [0.717, 1.165) is 11.1 Å². The molecule has 1 aliphatic rings. The molecule has 5 nitrogen and oxygen atoms in total. The molecule has 0 unspecified atom stereocenters. The number of carboxylic acid groups (broad SMARTS) is 1. The molecule has 4 rings (SSSR count). The Morgan fingerprint density at radius 2 is 1.60 bits per heavy atom. The van der Waals surface area contributed by atoms with Crippen molar-refractivity contribution < 1.29 is 18.3 Å². The molecule has 0 aliphatic carbocycles. The van der Waals surface area contributed by atoms with Crippen LogP contribution in [0.2, 0.25) is 10.0 Å². The summed E-state index contributed by atoms with van der Waals surface area (Å²) < 4.78 is 29.0. The first-order valence-electron chi connectivity index (χ1n) is 11.1. The van der Waals surface area contributed by atoms with Crippen LogP contribution >= 0.6 is 35.0 Å². The van der Waals surface area contributed by atoms with Crippen molar-refractivity contribution in [1.29, 1.82) is 0 Å². The molecule has 0 aromatic heterocycles. The van der Waals surface area contributed by atoms with Gasteiger partial charge in [-0.2, -0.15) is 16.1 Å². The lowest BCUT2D eigenvalue weighted by atomic mass is 9.90. The second kappa shape index (κ2) is 10.9. The van der Waals surface area contributed by atoms with Crippen molar-refractivity contribution in [2.45, 2.75) is 35.3 Å². The van der Waals surface area contributed by atoms with Gasteiger partial charge in [-0.05, 0) is 60.4 Å². The topological polar surface area (TPSA) is 74.7 Å². The standard InChI is InChI=1S/C26H25Cl2NO4S2/c1-17-4-2-3-5-25(17)35(32,33)29-15-22(26(30)31)24(34-16-18-6-10-20(27)11-7-18)14-23(29)19-8-12-21(28)13-9-19/h2-13,22-24H,14-16H2,1H3,(H,30,31)/t22-,23+,24-/m1/s1. The van der Waals surface area contributed by atoms with Gasteiger partial charge in [0.05, 0.1) is 16.9 Å². The fourth-order valence-corrected chi connectivity index (χ4v) is 7.85. The van der Waals surface area contributed by atoms with Crippen molar-refractivity contribution in [3.63, 3.8) is 0 Å². The minimum atomic E-state index is -3.95. The van der Waals surface area contributed by atoms with Gasteiger partial charge < -0.3 is 5.11 Å². The summed E-state index contributed by atoms with van der Waals surface area (Å²) in [7, 11) is -3.95. The van der Waals surface area contributed by atoms with Gasteiger partial charge in [-0.1, -0.05) is 65.7 Å².